The minimum atomic E-state index is -0.467. The van der Waals surface area contributed by atoms with Crippen molar-refractivity contribution in [2.75, 3.05) is 19.7 Å². The Balaban J connectivity index is 0.00000166. The normalized spacial score (nSPS) is 14.7. The van der Waals surface area contributed by atoms with E-state index in [0.29, 0.717) is 36.8 Å². The average Bonchev–Trinajstić information content (AvgIpc) is 3.16. The number of carbonyl (C=O) groups excluding carboxylic acids is 2. The Morgan fingerprint density at radius 3 is 2.45 bits per heavy atom. The van der Waals surface area contributed by atoms with Crippen LogP contribution in [-0.2, 0) is 15.9 Å². The zero-order valence-electron chi connectivity index (χ0n) is 19.7. The molecule has 0 radical (unpaired) electrons. The van der Waals surface area contributed by atoms with Crippen LogP contribution < -0.4 is 0 Å². The van der Waals surface area contributed by atoms with Crippen LogP contribution in [0.25, 0.3) is 5.65 Å². The van der Waals surface area contributed by atoms with Gasteiger partial charge < -0.3 is 14.4 Å². The molecule has 2 aromatic rings. The third-order valence-corrected chi connectivity index (χ3v) is 5.04. The van der Waals surface area contributed by atoms with Crippen molar-refractivity contribution in [3.63, 3.8) is 0 Å². The zero-order valence-corrected chi connectivity index (χ0v) is 19.7. The summed E-state index contributed by atoms with van der Waals surface area (Å²) in [6, 6.07) is 3.52. The molecule has 8 nitrogen and oxygen atoms in total. The molecule has 0 saturated carbocycles. The first-order valence-corrected chi connectivity index (χ1v) is 11.3. The van der Waals surface area contributed by atoms with Crippen molar-refractivity contribution < 1.29 is 19.1 Å². The standard InChI is InChI=1S/C21H30N4O4.C2H6/c1-5-28-19(26)16-7-6-12-25-17(22-23-18(16)25)9-8-15-10-13-24(14-11-15)20(27)29-21(2,3)4;1-2/h6-7,12,15H,5,8-11,13-14H2,1-4H3;1-2H3. The van der Waals surface area contributed by atoms with E-state index in [2.05, 4.69) is 10.2 Å². The number of hydrogen-bond donors (Lipinski definition) is 0. The van der Waals surface area contributed by atoms with Gasteiger partial charge in [-0.3, -0.25) is 4.40 Å². The van der Waals surface area contributed by atoms with Crippen molar-refractivity contribution in [3.8, 4) is 0 Å². The first-order chi connectivity index (χ1) is 14.8. The molecule has 172 valence electrons. The first-order valence-electron chi connectivity index (χ1n) is 11.3. The van der Waals surface area contributed by atoms with Crippen molar-refractivity contribution in [2.24, 2.45) is 5.92 Å². The summed E-state index contributed by atoms with van der Waals surface area (Å²) in [5.41, 5.74) is 0.491. The average molecular weight is 433 g/mol. The van der Waals surface area contributed by atoms with Gasteiger partial charge in [0.15, 0.2) is 5.65 Å². The molecule has 0 bridgehead atoms. The molecule has 0 aliphatic carbocycles. The lowest BCUT2D eigenvalue weighted by Gasteiger charge is -2.33. The highest BCUT2D eigenvalue weighted by Crippen LogP contribution is 2.24. The van der Waals surface area contributed by atoms with E-state index in [1.165, 1.54) is 0 Å². The Kier molecular flexibility index (Phi) is 8.83. The van der Waals surface area contributed by atoms with E-state index in [0.717, 1.165) is 31.5 Å². The zero-order chi connectivity index (χ0) is 23.0. The minimum absolute atomic E-state index is 0.231. The number of esters is 1. The van der Waals surface area contributed by atoms with Crippen molar-refractivity contribution in [1.82, 2.24) is 19.5 Å². The molecule has 0 spiro atoms. The minimum Gasteiger partial charge on any atom is -0.462 e. The maximum Gasteiger partial charge on any atom is 0.410 e. The van der Waals surface area contributed by atoms with Gasteiger partial charge in [-0.25, -0.2) is 9.59 Å². The predicted molar refractivity (Wildman–Crippen MR) is 119 cm³/mol. The number of carbonyl (C=O) groups is 2. The number of piperidine rings is 1. The Hall–Kier alpha value is -2.64. The van der Waals surface area contributed by atoms with Gasteiger partial charge in [-0.15, -0.1) is 10.2 Å². The first kappa shape index (κ1) is 24.6. The second-order valence-corrected chi connectivity index (χ2v) is 8.40. The molecule has 2 aromatic heterocycles. The quantitative estimate of drug-likeness (QED) is 0.646. The van der Waals surface area contributed by atoms with Gasteiger partial charge in [0.25, 0.3) is 0 Å². The van der Waals surface area contributed by atoms with Crippen LogP contribution in [0, 0.1) is 5.92 Å². The lowest BCUT2D eigenvalue weighted by atomic mass is 9.92. The molecule has 1 aliphatic heterocycles. The molecule has 1 fully saturated rings. The Morgan fingerprint density at radius 2 is 1.84 bits per heavy atom. The van der Waals surface area contributed by atoms with Gasteiger partial charge in [0.2, 0.25) is 0 Å². The van der Waals surface area contributed by atoms with Crippen molar-refractivity contribution in [3.05, 3.63) is 29.7 Å². The summed E-state index contributed by atoms with van der Waals surface area (Å²) in [4.78, 5) is 26.1. The maximum absolute atomic E-state index is 12.2. The molecule has 0 N–H and O–H groups in total. The number of amides is 1. The lowest BCUT2D eigenvalue weighted by Crippen LogP contribution is -2.41. The van der Waals surface area contributed by atoms with Crippen LogP contribution in [0.15, 0.2) is 18.3 Å². The van der Waals surface area contributed by atoms with E-state index >= 15 is 0 Å². The Labute approximate surface area is 184 Å². The number of nitrogens with zero attached hydrogens (tertiary/aromatic N) is 4. The summed E-state index contributed by atoms with van der Waals surface area (Å²) >= 11 is 0. The fraction of sp³-hybridized carbons (Fsp3) is 0.652. The molecule has 0 aromatic carbocycles. The number of aromatic nitrogens is 3. The summed E-state index contributed by atoms with van der Waals surface area (Å²) in [7, 11) is 0. The third kappa shape index (κ3) is 6.67. The van der Waals surface area contributed by atoms with Crippen LogP contribution in [0.1, 0.15) is 77.0 Å². The van der Waals surface area contributed by atoms with Gasteiger partial charge in [-0.2, -0.15) is 0 Å². The van der Waals surface area contributed by atoms with Gasteiger partial charge in [0.1, 0.15) is 17.0 Å². The number of rotatable bonds is 5. The fourth-order valence-corrected chi connectivity index (χ4v) is 3.57. The van der Waals surface area contributed by atoms with E-state index in [1.54, 1.807) is 17.9 Å². The van der Waals surface area contributed by atoms with Crippen LogP contribution in [-0.4, -0.2) is 56.9 Å². The summed E-state index contributed by atoms with van der Waals surface area (Å²) in [5, 5.41) is 8.48. The Bertz CT molecular complexity index is 864. The molecule has 1 saturated heterocycles. The molecular weight excluding hydrogens is 396 g/mol. The molecule has 0 atom stereocenters. The molecular formula is C23H36N4O4. The van der Waals surface area contributed by atoms with Crippen molar-refractivity contribution >= 4 is 17.7 Å². The van der Waals surface area contributed by atoms with E-state index in [4.69, 9.17) is 9.47 Å². The van der Waals surface area contributed by atoms with E-state index in [1.807, 2.05) is 51.3 Å². The van der Waals surface area contributed by atoms with Crippen LogP contribution in [0.3, 0.4) is 0 Å². The second kappa shape index (κ2) is 11.1. The molecule has 3 heterocycles. The monoisotopic (exact) mass is 432 g/mol. The SMILES string of the molecule is CC.CCOC(=O)c1cccn2c(CCC3CCN(C(=O)OC(C)(C)C)CC3)nnc12. The molecule has 1 aliphatic rings. The summed E-state index contributed by atoms with van der Waals surface area (Å²) in [6.45, 7) is 13.2. The van der Waals surface area contributed by atoms with Crippen molar-refractivity contribution in [1.29, 1.82) is 0 Å². The molecule has 31 heavy (non-hydrogen) atoms. The summed E-state index contributed by atoms with van der Waals surface area (Å²) < 4.78 is 12.4. The highest BCUT2D eigenvalue weighted by atomic mass is 16.6. The van der Waals surface area contributed by atoms with Gasteiger partial charge in [0, 0.05) is 25.7 Å². The highest BCUT2D eigenvalue weighted by Gasteiger charge is 2.27. The smallest absolute Gasteiger partial charge is 0.410 e. The van der Waals surface area contributed by atoms with E-state index in [9.17, 15) is 9.59 Å². The molecule has 1 amide bonds. The maximum atomic E-state index is 12.2. The van der Waals surface area contributed by atoms with Gasteiger partial charge in [-0.1, -0.05) is 13.8 Å². The van der Waals surface area contributed by atoms with Crippen LogP contribution in [0.2, 0.25) is 0 Å². The van der Waals surface area contributed by atoms with Crippen molar-refractivity contribution in [2.45, 2.75) is 72.8 Å². The largest absolute Gasteiger partial charge is 0.462 e. The van der Waals surface area contributed by atoms with Crippen LogP contribution >= 0.6 is 0 Å². The second-order valence-electron chi connectivity index (χ2n) is 8.40. The highest BCUT2D eigenvalue weighted by molar-refractivity contribution is 5.95. The van der Waals surface area contributed by atoms with Crippen LogP contribution in [0.4, 0.5) is 4.79 Å². The predicted octanol–water partition coefficient (Wildman–Crippen LogP) is 4.51. The number of aryl methyl sites for hydroxylation is 1. The van der Waals surface area contributed by atoms with Gasteiger partial charge >= 0.3 is 12.1 Å². The fourth-order valence-electron chi connectivity index (χ4n) is 3.57. The number of hydrogen-bond acceptors (Lipinski definition) is 6. The number of likely N-dealkylation sites (tertiary alicyclic amines) is 1. The lowest BCUT2D eigenvalue weighted by molar-refractivity contribution is 0.0181. The topological polar surface area (TPSA) is 86.0 Å². The summed E-state index contributed by atoms with van der Waals surface area (Å²) in [5.74, 6) is 0.974. The van der Waals surface area contributed by atoms with Gasteiger partial charge in [-0.05, 0) is 65.0 Å². The molecule has 8 heteroatoms. The third-order valence-electron chi connectivity index (χ3n) is 5.04. The van der Waals surface area contributed by atoms with Crippen LogP contribution in [0.5, 0.6) is 0 Å². The Morgan fingerprint density at radius 1 is 1.16 bits per heavy atom. The summed E-state index contributed by atoms with van der Waals surface area (Å²) in [6.07, 6.45) is 5.27. The number of ether oxygens (including phenoxy) is 2. The van der Waals surface area contributed by atoms with E-state index in [-0.39, 0.29) is 12.1 Å². The molecule has 0 unspecified atom stereocenters. The van der Waals surface area contributed by atoms with E-state index < -0.39 is 5.60 Å². The van der Waals surface area contributed by atoms with Gasteiger partial charge in [0.05, 0.1) is 6.61 Å². The number of fused-ring (bicyclic) bond motifs is 1. The number of pyridine rings is 1. The molecule has 3 rings (SSSR count).